The standard InChI is InChI=1S/C21H28O5S.K/c1-2-3-4-5-6-7-11-14-19-20(26-18-12-9-8-10-13-18)15-17(22)16-21(19)27(23,24)25;/h8-10,12-13,15-16,22H,2-7,11,14H2,1H3,(H,23,24,25);/q;+1/p-1. The fourth-order valence-corrected chi connectivity index (χ4v) is 3.82. The van der Waals surface area contributed by atoms with Gasteiger partial charge in [-0.15, -0.1) is 5.75 Å². The normalized spacial score (nSPS) is 11.1. The average molecular weight is 431 g/mol. The molecule has 148 valence electrons. The van der Waals surface area contributed by atoms with Crippen LogP contribution in [0.2, 0.25) is 0 Å². The molecule has 0 aliphatic carbocycles. The molecule has 2 rings (SSSR count). The Balaban J connectivity index is 0.00000392. The third-order valence-corrected chi connectivity index (χ3v) is 5.34. The van der Waals surface area contributed by atoms with E-state index in [1.54, 1.807) is 24.3 Å². The molecule has 0 saturated carbocycles. The van der Waals surface area contributed by atoms with Crippen molar-refractivity contribution >= 4 is 10.1 Å². The van der Waals surface area contributed by atoms with E-state index in [4.69, 9.17) is 4.74 Å². The van der Waals surface area contributed by atoms with E-state index in [1.165, 1.54) is 25.3 Å². The van der Waals surface area contributed by atoms with Crippen LogP contribution in [0.3, 0.4) is 0 Å². The van der Waals surface area contributed by atoms with Crippen molar-refractivity contribution in [3.05, 3.63) is 48.0 Å². The zero-order valence-corrected chi connectivity index (χ0v) is 20.6. The molecular formula is C21H27KO5S. The van der Waals surface area contributed by atoms with E-state index in [0.29, 0.717) is 17.7 Å². The van der Waals surface area contributed by atoms with E-state index in [1.807, 2.05) is 6.07 Å². The summed E-state index contributed by atoms with van der Waals surface area (Å²) >= 11 is 0. The van der Waals surface area contributed by atoms with E-state index in [2.05, 4.69) is 6.92 Å². The monoisotopic (exact) mass is 430 g/mol. The fraction of sp³-hybridized carbons (Fsp3) is 0.429. The van der Waals surface area contributed by atoms with E-state index < -0.39 is 15.9 Å². The summed E-state index contributed by atoms with van der Waals surface area (Å²) in [6.45, 7) is 2.17. The van der Waals surface area contributed by atoms with Crippen molar-refractivity contribution in [2.24, 2.45) is 0 Å². The van der Waals surface area contributed by atoms with Crippen molar-refractivity contribution in [2.45, 2.75) is 63.2 Å². The molecule has 0 unspecified atom stereocenters. The van der Waals surface area contributed by atoms with Crippen LogP contribution in [-0.2, 0) is 16.5 Å². The number of ether oxygens (including phenoxy) is 1. The van der Waals surface area contributed by atoms with Gasteiger partial charge in [-0.05, 0) is 37.1 Å². The first-order valence-electron chi connectivity index (χ1n) is 9.46. The SMILES string of the molecule is CCCCCCCCCc1c(Oc2ccccc2)cc([O-])cc1S(=O)(=O)O.[K+]. The van der Waals surface area contributed by atoms with Crippen LogP contribution in [0.4, 0.5) is 0 Å². The summed E-state index contributed by atoms with van der Waals surface area (Å²) in [6.07, 6.45) is 8.01. The Morgan fingerprint density at radius 3 is 2.18 bits per heavy atom. The minimum absolute atomic E-state index is 0. The Bertz CT molecular complexity index is 822. The number of benzene rings is 2. The van der Waals surface area contributed by atoms with Crippen molar-refractivity contribution in [2.75, 3.05) is 0 Å². The van der Waals surface area contributed by atoms with Crippen molar-refractivity contribution < 1.29 is 74.2 Å². The Hall–Kier alpha value is -0.414. The minimum atomic E-state index is -4.51. The smallest absolute Gasteiger partial charge is 0.872 e. The summed E-state index contributed by atoms with van der Waals surface area (Å²) in [5, 5.41) is 11.9. The molecule has 2 aromatic rings. The summed E-state index contributed by atoms with van der Waals surface area (Å²) in [5.41, 5.74) is 0.356. The molecule has 0 saturated heterocycles. The van der Waals surface area contributed by atoms with Crippen molar-refractivity contribution in [1.29, 1.82) is 0 Å². The van der Waals surface area contributed by atoms with Gasteiger partial charge in [-0.25, -0.2) is 0 Å². The van der Waals surface area contributed by atoms with Gasteiger partial charge in [0.1, 0.15) is 16.4 Å². The maximum atomic E-state index is 11.9. The molecule has 0 aliphatic rings. The van der Waals surface area contributed by atoms with Crippen LogP contribution >= 0.6 is 0 Å². The van der Waals surface area contributed by atoms with Crippen LogP contribution in [0.5, 0.6) is 17.2 Å². The maximum absolute atomic E-state index is 11.9. The first-order valence-corrected chi connectivity index (χ1v) is 10.9. The molecule has 2 aromatic carbocycles. The van der Waals surface area contributed by atoms with Gasteiger partial charge in [0.2, 0.25) is 0 Å². The maximum Gasteiger partial charge on any atom is 1.00 e. The molecule has 0 atom stereocenters. The molecule has 0 aliphatic heterocycles. The molecule has 5 nitrogen and oxygen atoms in total. The number of para-hydroxylation sites is 1. The quantitative estimate of drug-likeness (QED) is 0.335. The molecule has 0 aromatic heterocycles. The first-order chi connectivity index (χ1) is 12.9. The second kappa shape index (κ2) is 13.0. The summed E-state index contributed by atoms with van der Waals surface area (Å²) in [7, 11) is -4.51. The van der Waals surface area contributed by atoms with E-state index in [-0.39, 0.29) is 62.0 Å². The Morgan fingerprint density at radius 1 is 0.964 bits per heavy atom. The Labute approximate surface area is 210 Å². The van der Waals surface area contributed by atoms with Crippen molar-refractivity contribution in [3.63, 3.8) is 0 Å². The molecule has 0 fully saturated rings. The largest absolute Gasteiger partial charge is 1.00 e. The second-order valence-corrected chi connectivity index (χ2v) is 8.05. The molecule has 0 spiro atoms. The van der Waals surface area contributed by atoms with Crippen LogP contribution in [0.1, 0.15) is 57.4 Å². The van der Waals surface area contributed by atoms with Crippen molar-refractivity contribution in [1.82, 2.24) is 0 Å². The molecular weight excluding hydrogens is 403 g/mol. The molecule has 0 heterocycles. The van der Waals surface area contributed by atoms with Gasteiger partial charge in [0.25, 0.3) is 10.1 Å². The van der Waals surface area contributed by atoms with E-state index in [9.17, 15) is 18.1 Å². The minimum Gasteiger partial charge on any atom is -0.872 e. The molecule has 28 heavy (non-hydrogen) atoms. The molecule has 0 amide bonds. The zero-order valence-electron chi connectivity index (χ0n) is 16.7. The van der Waals surface area contributed by atoms with Gasteiger partial charge >= 0.3 is 51.4 Å². The molecule has 1 N–H and O–H groups in total. The van der Waals surface area contributed by atoms with Gasteiger partial charge in [0.05, 0.1) is 0 Å². The third kappa shape index (κ3) is 8.53. The van der Waals surface area contributed by atoms with Gasteiger partial charge in [0, 0.05) is 5.56 Å². The van der Waals surface area contributed by atoms with E-state index in [0.717, 1.165) is 31.7 Å². The van der Waals surface area contributed by atoms with Crippen LogP contribution in [-0.4, -0.2) is 13.0 Å². The predicted octanol–water partition coefficient (Wildman–Crippen LogP) is 2.10. The topological polar surface area (TPSA) is 86.7 Å². The Morgan fingerprint density at radius 2 is 1.57 bits per heavy atom. The van der Waals surface area contributed by atoms with E-state index >= 15 is 0 Å². The number of hydrogen-bond acceptors (Lipinski definition) is 4. The van der Waals surface area contributed by atoms with Gasteiger partial charge in [-0.3, -0.25) is 4.55 Å². The summed E-state index contributed by atoms with van der Waals surface area (Å²) in [4.78, 5) is -0.355. The van der Waals surface area contributed by atoms with Gasteiger partial charge < -0.3 is 9.84 Å². The number of rotatable bonds is 11. The molecule has 7 heteroatoms. The van der Waals surface area contributed by atoms with Crippen molar-refractivity contribution in [3.8, 4) is 17.2 Å². The summed E-state index contributed by atoms with van der Waals surface area (Å²) < 4.78 is 38.9. The summed E-state index contributed by atoms with van der Waals surface area (Å²) in [5.74, 6) is 0.175. The van der Waals surface area contributed by atoms with Gasteiger partial charge in [-0.1, -0.05) is 63.6 Å². The third-order valence-electron chi connectivity index (χ3n) is 4.42. The predicted molar refractivity (Wildman–Crippen MR) is 104 cm³/mol. The zero-order chi connectivity index (χ0) is 19.7. The fourth-order valence-electron chi connectivity index (χ4n) is 3.04. The number of unbranched alkanes of at least 4 members (excludes halogenated alkanes) is 6. The average Bonchev–Trinajstić information content (AvgIpc) is 2.62. The van der Waals surface area contributed by atoms with Crippen LogP contribution in [0.25, 0.3) is 0 Å². The first kappa shape index (κ1) is 25.6. The van der Waals surface area contributed by atoms with Crippen LogP contribution < -0.4 is 61.2 Å². The van der Waals surface area contributed by atoms with Gasteiger partial charge in [0.15, 0.2) is 0 Å². The van der Waals surface area contributed by atoms with Crippen LogP contribution in [0, 0.1) is 0 Å². The molecule has 0 radical (unpaired) electrons. The second-order valence-electron chi connectivity index (χ2n) is 6.66. The molecule has 0 bridgehead atoms. The Kier molecular flexibility index (Phi) is 11.9. The van der Waals surface area contributed by atoms with Gasteiger partial charge in [-0.2, -0.15) is 8.42 Å². The summed E-state index contributed by atoms with van der Waals surface area (Å²) in [6, 6.07) is 11.1. The van der Waals surface area contributed by atoms with Crippen LogP contribution in [0.15, 0.2) is 47.4 Å². The number of hydrogen-bond donors (Lipinski definition) is 1.